The van der Waals surface area contributed by atoms with Crippen LogP contribution in [-0.2, 0) is 9.53 Å². The molecule has 4 nitrogen and oxygen atoms in total. The fourth-order valence-electron chi connectivity index (χ4n) is 1.68. The largest absolute Gasteiger partial charge is 0.389 e. The van der Waals surface area contributed by atoms with Crippen LogP contribution in [0.1, 0.15) is 38.7 Å². The van der Waals surface area contributed by atoms with Gasteiger partial charge in [0.05, 0.1) is 0 Å². The van der Waals surface area contributed by atoms with Crippen LogP contribution in [0, 0.1) is 0 Å². The van der Waals surface area contributed by atoms with Crippen molar-refractivity contribution in [3.63, 3.8) is 0 Å². The number of unbranched alkanes of at least 4 members (excludes halogenated alkanes) is 2. The Bertz CT molecular complexity index is 463. The monoisotopic (exact) mass is 294 g/mol. The normalized spacial score (nSPS) is 11.9. The van der Waals surface area contributed by atoms with Gasteiger partial charge in [0.1, 0.15) is 11.1 Å². The summed E-state index contributed by atoms with van der Waals surface area (Å²) in [6, 6.07) is 7.16. The molecule has 0 saturated heterocycles. The molecule has 5 heteroatoms. The molecule has 0 aliphatic heterocycles. The quantitative estimate of drug-likeness (QED) is 0.571. The van der Waals surface area contributed by atoms with Gasteiger partial charge >= 0.3 is 0 Å². The molecule has 1 rings (SSSR count). The molecule has 0 aromatic heterocycles. The maximum atomic E-state index is 12.0. The van der Waals surface area contributed by atoms with Crippen LogP contribution in [-0.4, -0.2) is 23.6 Å². The first-order valence-electron chi connectivity index (χ1n) is 6.87. The highest BCUT2D eigenvalue weighted by Crippen LogP contribution is 2.11. The summed E-state index contributed by atoms with van der Waals surface area (Å²) in [5, 5.41) is 2.80. The number of nitrogens with two attached hydrogens (primary N) is 1. The van der Waals surface area contributed by atoms with E-state index in [2.05, 4.69) is 12.2 Å². The van der Waals surface area contributed by atoms with Gasteiger partial charge in [0.15, 0.2) is 0 Å². The van der Waals surface area contributed by atoms with Gasteiger partial charge in [0, 0.05) is 17.9 Å². The third-order valence-corrected chi connectivity index (χ3v) is 3.14. The van der Waals surface area contributed by atoms with Crippen LogP contribution in [0.2, 0.25) is 0 Å². The summed E-state index contributed by atoms with van der Waals surface area (Å²) in [7, 11) is 0. The van der Waals surface area contributed by atoms with Gasteiger partial charge in [-0.05, 0) is 25.5 Å². The maximum absolute atomic E-state index is 12.0. The lowest BCUT2D eigenvalue weighted by Gasteiger charge is -2.13. The van der Waals surface area contributed by atoms with E-state index < -0.39 is 6.10 Å². The van der Waals surface area contributed by atoms with E-state index >= 15 is 0 Å². The third kappa shape index (κ3) is 5.67. The second kappa shape index (κ2) is 8.66. The molecule has 20 heavy (non-hydrogen) atoms. The Kier molecular flexibility index (Phi) is 7.18. The summed E-state index contributed by atoms with van der Waals surface area (Å²) >= 11 is 4.91. The van der Waals surface area contributed by atoms with Crippen molar-refractivity contribution >= 4 is 28.8 Å². The molecule has 0 radical (unpaired) electrons. The number of benzene rings is 1. The topological polar surface area (TPSA) is 64.3 Å². The lowest BCUT2D eigenvalue weighted by atomic mass is 10.2. The average molecular weight is 294 g/mol. The molecule has 1 atom stereocenters. The third-order valence-electron chi connectivity index (χ3n) is 2.90. The van der Waals surface area contributed by atoms with E-state index in [-0.39, 0.29) is 5.91 Å². The Morgan fingerprint density at radius 3 is 2.85 bits per heavy atom. The number of nitrogens with one attached hydrogen (secondary N) is 1. The summed E-state index contributed by atoms with van der Waals surface area (Å²) < 4.78 is 5.49. The second-order valence-corrected chi connectivity index (χ2v) is 5.09. The van der Waals surface area contributed by atoms with Gasteiger partial charge in [-0.25, -0.2) is 0 Å². The molecule has 0 fully saturated rings. The zero-order valence-electron chi connectivity index (χ0n) is 12.0. The predicted molar refractivity (Wildman–Crippen MR) is 85.9 cm³/mol. The molecule has 0 spiro atoms. The van der Waals surface area contributed by atoms with Gasteiger partial charge in [-0.3, -0.25) is 4.79 Å². The van der Waals surface area contributed by atoms with Crippen molar-refractivity contribution in [2.45, 2.75) is 39.2 Å². The Hall–Kier alpha value is -1.46. The molecule has 0 aliphatic rings. The molecule has 0 bridgehead atoms. The van der Waals surface area contributed by atoms with Crippen LogP contribution in [0.15, 0.2) is 24.3 Å². The van der Waals surface area contributed by atoms with E-state index in [0.717, 1.165) is 24.8 Å². The zero-order chi connectivity index (χ0) is 15.0. The fraction of sp³-hybridized carbons (Fsp3) is 0.467. The summed E-state index contributed by atoms with van der Waals surface area (Å²) in [6.07, 6.45) is 2.76. The number of ether oxygens (including phenoxy) is 1. The Morgan fingerprint density at radius 2 is 2.20 bits per heavy atom. The first-order valence-corrected chi connectivity index (χ1v) is 7.27. The van der Waals surface area contributed by atoms with Crippen LogP contribution in [0.5, 0.6) is 0 Å². The SMILES string of the molecule is CCCCCOC(C)C(=O)Nc1cccc(C(N)=S)c1. The number of carbonyl (C=O) groups is 1. The van der Waals surface area contributed by atoms with E-state index in [1.165, 1.54) is 0 Å². The Morgan fingerprint density at radius 1 is 1.45 bits per heavy atom. The van der Waals surface area contributed by atoms with Crippen LogP contribution in [0.25, 0.3) is 0 Å². The second-order valence-electron chi connectivity index (χ2n) is 4.65. The van der Waals surface area contributed by atoms with Crippen LogP contribution in [0.4, 0.5) is 5.69 Å². The molecular weight excluding hydrogens is 272 g/mol. The Labute approximate surface area is 125 Å². The molecule has 0 heterocycles. The summed E-state index contributed by atoms with van der Waals surface area (Å²) in [4.78, 5) is 12.3. The van der Waals surface area contributed by atoms with Crippen molar-refractivity contribution in [1.82, 2.24) is 0 Å². The van der Waals surface area contributed by atoms with Gasteiger partial charge in [-0.1, -0.05) is 44.1 Å². The highest BCUT2D eigenvalue weighted by atomic mass is 32.1. The van der Waals surface area contributed by atoms with E-state index in [1.54, 1.807) is 25.1 Å². The summed E-state index contributed by atoms with van der Waals surface area (Å²) in [5.74, 6) is -0.165. The van der Waals surface area contributed by atoms with Crippen molar-refractivity contribution in [2.24, 2.45) is 5.73 Å². The van der Waals surface area contributed by atoms with Crippen molar-refractivity contribution in [3.8, 4) is 0 Å². The average Bonchev–Trinajstić information content (AvgIpc) is 2.43. The molecule has 1 amide bonds. The van der Waals surface area contributed by atoms with Gasteiger partial charge in [0.25, 0.3) is 5.91 Å². The van der Waals surface area contributed by atoms with Crippen molar-refractivity contribution < 1.29 is 9.53 Å². The zero-order valence-corrected chi connectivity index (χ0v) is 12.8. The van der Waals surface area contributed by atoms with Gasteiger partial charge < -0.3 is 15.8 Å². The molecule has 110 valence electrons. The lowest BCUT2D eigenvalue weighted by molar-refractivity contribution is -0.126. The fourth-order valence-corrected chi connectivity index (χ4v) is 1.81. The van der Waals surface area contributed by atoms with Crippen molar-refractivity contribution in [2.75, 3.05) is 11.9 Å². The molecule has 3 N–H and O–H groups in total. The minimum atomic E-state index is -0.472. The molecule has 1 unspecified atom stereocenters. The van der Waals surface area contributed by atoms with E-state index in [9.17, 15) is 4.79 Å². The number of carbonyl (C=O) groups excluding carboxylic acids is 1. The van der Waals surface area contributed by atoms with Crippen LogP contribution >= 0.6 is 12.2 Å². The molecule has 0 aliphatic carbocycles. The molecule has 1 aromatic rings. The number of hydrogen-bond donors (Lipinski definition) is 2. The van der Waals surface area contributed by atoms with Crippen LogP contribution < -0.4 is 11.1 Å². The van der Waals surface area contributed by atoms with E-state index in [0.29, 0.717) is 17.3 Å². The van der Waals surface area contributed by atoms with E-state index in [4.69, 9.17) is 22.7 Å². The number of amides is 1. The number of hydrogen-bond acceptors (Lipinski definition) is 3. The van der Waals surface area contributed by atoms with Gasteiger partial charge in [-0.2, -0.15) is 0 Å². The Balaban J connectivity index is 2.48. The lowest BCUT2D eigenvalue weighted by Crippen LogP contribution is -2.28. The molecule has 0 saturated carbocycles. The van der Waals surface area contributed by atoms with Gasteiger partial charge in [-0.15, -0.1) is 0 Å². The summed E-state index contributed by atoms with van der Waals surface area (Å²) in [6.45, 7) is 4.49. The number of anilines is 1. The summed E-state index contributed by atoms with van der Waals surface area (Å²) in [5.41, 5.74) is 6.96. The first kappa shape index (κ1) is 16.6. The first-order chi connectivity index (χ1) is 9.54. The highest BCUT2D eigenvalue weighted by Gasteiger charge is 2.13. The van der Waals surface area contributed by atoms with Crippen molar-refractivity contribution in [1.29, 1.82) is 0 Å². The van der Waals surface area contributed by atoms with Crippen molar-refractivity contribution in [3.05, 3.63) is 29.8 Å². The standard InChI is InChI=1S/C15H22N2O2S/c1-3-4-5-9-19-11(2)15(18)17-13-8-6-7-12(10-13)14(16)20/h6-8,10-11H,3-5,9H2,1-2H3,(H2,16,20)(H,17,18). The number of rotatable bonds is 8. The molecule has 1 aromatic carbocycles. The smallest absolute Gasteiger partial charge is 0.253 e. The van der Waals surface area contributed by atoms with Crippen LogP contribution in [0.3, 0.4) is 0 Å². The van der Waals surface area contributed by atoms with Gasteiger partial charge in [0.2, 0.25) is 0 Å². The number of thiocarbonyl (C=S) groups is 1. The maximum Gasteiger partial charge on any atom is 0.253 e. The van der Waals surface area contributed by atoms with E-state index in [1.807, 2.05) is 6.07 Å². The predicted octanol–water partition coefficient (Wildman–Crippen LogP) is 2.85. The molecular formula is C15H22N2O2S. The minimum absolute atomic E-state index is 0.165. The minimum Gasteiger partial charge on any atom is -0.389 e. The highest BCUT2D eigenvalue weighted by molar-refractivity contribution is 7.80.